The SMILES string of the molecule is COC(=O)CC(CCc1ccccc1)NCc1ccccc1. The van der Waals surface area contributed by atoms with Gasteiger partial charge >= 0.3 is 5.97 Å². The molecule has 1 N–H and O–H groups in total. The molecule has 0 amide bonds. The highest BCUT2D eigenvalue weighted by Gasteiger charge is 2.14. The molecule has 1 atom stereocenters. The minimum absolute atomic E-state index is 0.118. The summed E-state index contributed by atoms with van der Waals surface area (Å²) in [6, 6.07) is 20.7. The predicted molar refractivity (Wildman–Crippen MR) is 88.5 cm³/mol. The second-order valence-electron chi connectivity index (χ2n) is 5.37. The first-order valence-electron chi connectivity index (χ1n) is 7.66. The van der Waals surface area contributed by atoms with E-state index in [0.717, 1.165) is 19.4 Å². The number of carbonyl (C=O) groups is 1. The molecule has 0 aliphatic heterocycles. The third-order valence-electron chi connectivity index (χ3n) is 3.70. The first kappa shape index (κ1) is 16.2. The average molecular weight is 297 g/mol. The molecule has 22 heavy (non-hydrogen) atoms. The summed E-state index contributed by atoms with van der Waals surface area (Å²) < 4.78 is 4.81. The molecule has 0 spiro atoms. The van der Waals surface area contributed by atoms with Crippen molar-refractivity contribution in [3.8, 4) is 0 Å². The molecule has 2 rings (SSSR count). The van der Waals surface area contributed by atoms with Crippen LogP contribution in [0.4, 0.5) is 0 Å². The van der Waals surface area contributed by atoms with Crippen molar-refractivity contribution in [1.29, 1.82) is 0 Å². The standard InChI is InChI=1S/C19H23NO2/c1-22-19(21)14-18(13-12-16-8-4-2-5-9-16)20-15-17-10-6-3-7-11-17/h2-11,18,20H,12-15H2,1H3. The highest BCUT2D eigenvalue weighted by atomic mass is 16.5. The van der Waals surface area contributed by atoms with Crippen LogP contribution >= 0.6 is 0 Å². The molecule has 0 heterocycles. The Bertz CT molecular complexity index is 511. The minimum Gasteiger partial charge on any atom is -0.469 e. The molecule has 0 aromatic heterocycles. The van der Waals surface area contributed by atoms with E-state index in [1.54, 1.807) is 0 Å². The summed E-state index contributed by atoms with van der Waals surface area (Å²) in [5, 5.41) is 3.47. The van der Waals surface area contributed by atoms with Gasteiger partial charge in [-0.3, -0.25) is 4.79 Å². The maximum atomic E-state index is 11.6. The summed E-state index contributed by atoms with van der Waals surface area (Å²) in [5.74, 6) is -0.168. The summed E-state index contributed by atoms with van der Waals surface area (Å²) in [6.07, 6.45) is 2.26. The second-order valence-corrected chi connectivity index (χ2v) is 5.37. The van der Waals surface area contributed by atoms with Crippen LogP contribution in [0, 0.1) is 0 Å². The zero-order valence-electron chi connectivity index (χ0n) is 13.0. The number of rotatable bonds is 8. The predicted octanol–water partition coefficient (Wildman–Crippen LogP) is 3.34. The molecule has 0 radical (unpaired) electrons. The first-order valence-corrected chi connectivity index (χ1v) is 7.66. The molecule has 3 heteroatoms. The smallest absolute Gasteiger partial charge is 0.307 e. The number of esters is 1. The minimum atomic E-state index is -0.168. The molecule has 116 valence electrons. The van der Waals surface area contributed by atoms with Gasteiger partial charge in [-0.1, -0.05) is 60.7 Å². The fourth-order valence-electron chi connectivity index (χ4n) is 2.40. The topological polar surface area (TPSA) is 38.3 Å². The van der Waals surface area contributed by atoms with E-state index in [2.05, 4.69) is 29.6 Å². The van der Waals surface area contributed by atoms with Crippen molar-refractivity contribution in [3.05, 3.63) is 71.8 Å². The van der Waals surface area contributed by atoms with Crippen LogP contribution in [-0.2, 0) is 22.5 Å². The van der Waals surface area contributed by atoms with Crippen LogP contribution in [0.1, 0.15) is 24.0 Å². The van der Waals surface area contributed by atoms with Gasteiger partial charge in [-0.05, 0) is 24.0 Å². The quantitative estimate of drug-likeness (QED) is 0.759. The third kappa shape index (κ3) is 5.70. The van der Waals surface area contributed by atoms with Crippen LogP contribution in [0.15, 0.2) is 60.7 Å². The number of methoxy groups -OCH3 is 1. The van der Waals surface area contributed by atoms with Gasteiger partial charge in [-0.2, -0.15) is 0 Å². The molecule has 0 aliphatic carbocycles. The molecule has 2 aromatic rings. The molecule has 0 bridgehead atoms. The van der Waals surface area contributed by atoms with Gasteiger partial charge in [-0.25, -0.2) is 0 Å². The van der Waals surface area contributed by atoms with Crippen molar-refractivity contribution in [3.63, 3.8) is 0 Å². The monoisotopic (exact) mass is 297 g/mol. The second kappa shape index (κ2) is 9.00. The van der Waals surface area contributed by atoms with Gasteiger partial charge in [0.2, 0.25) is 0 Å². The Morgan fingerprint density at radius 2 is 1.59 bits per heavy atom. The fourth-order valence-corrected chi connectivity index (χ4v) is 2.40. The molecule has 1 unspecified atom stereocenters. The van der Waals surface area contributed by atoms with Crippen molar-refractivity contribution >= 4 is 5.97 Å². The summed E-state index contributed by atoms with van der Waals surface area (Å²) in [4.78, 5) is 11.6. The zero-order chi connectivity index (χ0) is 15.6. The Balaban J connectivity index is 1.89. The lowest BCUT2D eigenvalue weighted by molar-refractivity contribution is -0.141. The lowest BCUT2D eigenvalue weighted by Gasteiger charge is -2.18. The Morgan fingerprint density at radius 1 is 1.00 bits per heavy atom. The van der Waals surface area contributed by atoms with E-state index in [0.29, 0.717) is 6.42 Å². The molecule has 0 saturated heterocycles. The van der Waals surface area contributed by atoms with E-state index >= 15 is 0 Å². The van der Waals surface area contributed by atoms with Crippen LogP contribution in [0.2, 0.25) is 0 Å². The van der Waals surface area contributed by atoms with Gasteiger partial charge in [0.1, 0.15) is 0 Å². The Labute approximate surface area is 132 Å². The summed E-state index contributed by atoms with van der Waals surface area (Å²) in [7, 11) is 1.44. The number of hydrogen-bond donors (Lipinski definition) is 1. The van der Waals surface area contributed by atoms with Gasteiger partial charge in [0, 0.05) is 12.6 Å². The highest BCUT2D eigenvalue weighted by molar-refractivity contribution is 5.69. The Hall–Kier alpha value is -2.13. The summed E-state index contributed by atoms with van der Waals surface area (Å²) >= 11 is 0. The van der Waals surface area contributed by atoms with Gasteiger partial charge in [0.25, 0.3) is 0 Å². The number of aryl methyl sites for hydroxylation is 1. The number of ether oxygens (including phenoxy) is 1. The first-order chi connectivity index (χ1) is 10.8. The van der Waals surface area contributed by atoms with Crippen LogP contribution < -0.4 is 5.32 Å². The van der Waals surface area contributed by atoms with Crippen molar-refractivity contribution in [2.45, 2.75) is 31.8 Å². The number of benzene rings is 2. The van der Waals surface area contributed by atoms with Gasteiger partial charge < -0.3 is 10.1 Å². The molecule has 3 nitrogen and oxygen atoms in total. The van der Waals surface area contributed by atoms with Crippen molar-refractivity contribution < 1.29 is 9.53 Å². The maximum absolute atomic E-state index is 11.6. The molecule has 0 fully saturated rings. The molecule has 2 aromatic carbocycles. The molecular weight excluding hydrogens is 274 g/mol. The van der Waals surface area contributed by atoms with E-state index in [-0.39, 0.29) is 12.0 Å². The van der Waals surface area contributed by atoms with Crippen LogP contribution in [-0.4, -0.2) is 19.1 Å². The Kier molecular flexibility index (Phi) is 6.65. The van der Waals surface area contributed by atoms with Gasteiger partial charge in [0.05, 0.1) is 13.5 Å². The van der Waals surface area contributed by atoms with Crippen LogP contribution in [0.5, 0.6) is 0 Å². The van der Waals surface area contributed by atoms with Crippen LogP contribution in [0.3, 0.4) is 0 Å². The molecular formula is C19H23NO2. The van der Waals surface area contributed by atoms with E-state index in [9.17, 15) is 4.79 Å². The fraction of sp³-hybridized carbons (Fsp3) is 0.316. The lowest BCUT2D eigenvalue weighted by Crippen LogP contribution is -2.32. The average Bonchev–Trinajstić information content (AvgIpc) is 2.59. The van der Waals surface area contributed by atoms with Crippen LogP contribution in [0.25, 0.3) is 0 Å². The van der Waals surface area contributed by atoms with E-state index in [1.807, 2.05) is 36.4 Å². The van der Waals surface area contributed by atoms with E-state index in [4.69, 9.17) is 4.74 Å². The van der Waals surface area contributed by atoms with E-state index < -0.39 is 0 Å². The largest absolute Gasteiger partial charge is 0.469 e. The normalized spacial score (nSPS) is 11.9. The number of hydrogen-bond acceptors (Lipinski definition) is 3. The number of carbonyl (C=O) groups excluding carboxylic acids is 1. The summed E-state index contributed by atoms with van der Waals surface area (Å²) in [5.41, 5.74) is 2.51. The summed E-state index contributed by atoms with van der Waals surface area (Å²) in [6.45, 7) is 0.761. The molecule has 0 aliphatic rings. The molecule has 0 saturated carbocycles. The van der Waals surface area contributed by atoms with Crippen molar-refractivity contribution in [2.75, 3.05) is 7.11 Å². The van der Waals surface area contributed by atoms with Crippen molar-refractivity contribution in [2.24, 2.45) is 0 Å². The van der Waals surface area contributed by atoms with Gasteiger partial charge in [-0.15, -0.1) is 0 Å². The van der Waals surface area contributed by atoms with E-state index in [1.165, 1.54) is 18.2 Å². The Morgan fingerprint density at radius 3 is 2.18 bits per heavy atom. The maximum Gasteiger partial charge on any atom is 0.307 e. The third-order valence-corrected chi connectivity index (χ3v) is 3.70. The number of nitrogens with one attached hydrogen (secondary N) is 1. The van der Waals surface area contributed by atoms with Gasteiger partial charge in [0.15, 0.2) is 0 Å². The zero-order valence-corrected chi connectivity index (χ0v) is 13.0. The van der Waals surface area contributed by atoms with Crippen molar-refractivity contribution in [1.82, 2.24) is 5.32 Å². The lowest BCUT2D eigenvalue weighted by atomic mass is 10.0. The highest BCUT2D eigenvalue weighted by Crippen LogP contribution is 2.09.